The summed E-state index contributed by atoms with van der Waals surface area (Å²) in [5, 5.41) is 6.20. The molecule has 1 aliphatic heterocycles. The molecule has 0 radical (unpaired) electrons. The predicted molar refractivity (Wildman–Crippen MR) is 87.5 cm³/mol. The fraction of sp³-hybridized carbons (Fsp3) is 0.588. The summed E-state index contributed by atoms with van der Waals surface area (Å²) in [5.41, 5.74) is 2.09. The Labute approximate surface area is 127 Å². The monoisotopic (exact) mass is 289 g/mol. The van der Waals surface area contributed by atoms with Crippen LogP contribution < -0.4 is 10.6 Å². The second-order valence-corrected chi connectivity index (χ2v) is 5.90. The highest BCUT2D eigenvalue weighted by atomic mass is 16.2. The summed E-state index contributed by atoms with van der Waals surface area (Å²) in [6, 6.07) is 8.40. The second-order valence-electron chi connectivity index (χ2n) is 5.90. The van der Waals surface area contributed by atoms with Crippen LogP contribution in [0.15, 0.2) is 24.3 Å². The number of benzene rings is 1. The van der Waals surface area contributed by atoms with Crippen molar-refractivity contribution < 1.29 is 4.79 Å². The normalized spacial score (nSPS) is 17.6. The summed E-state index contributed by atoms with van der Waals surface area (Å²) in [6.07, 6.45) is 3.48. The van der Waals surface area contributed by atoms with Gasteiger partial charge >= 0.3 is 6.03 Å². The van der Waals surface area contributed by atoms with E-state index in [1.165, 1.54) is 12.0 Å². The van der Waals surface area contributed by atoms with Crippen LogP contribution >= 0.6 is 0 Å². The van der Waals surface area contributed by atoms with Crippen LogP contribution in [0.2, 0.25) is 0 Å². The van der Waals surface area contributed by atoms with Gasteiger partial charge in [0.15, 0.2) is 0 Å². The van der Waals surface area contributed by atoms with Crippen LogP contribution in [0.3, 0.4) is 0 Å². The molecule has 1 aromatic rings. The molecule has 2 rings (SSSR count). The number of urea groups is 1. The molecule has 2 amide bonds. The molecule has 1 atom stereocenters. The molecular formula is C17H27N3O. The fourth-order valence-electron chi connectivity index (χ4n) is 2.77. The van der Waals surface area contributed by atoms with Gasteiger partial charge in [-0.25, -0.2) is 4.79 Å². The van der Waals surface area contributed by atoms with Crippen molar-refractivity contribution in [2.24, 2.45) is 5.92 Å². The lowest BCUT2D eigenvalue weighted by atomic mass is 9.95. The van der Waals surface area contributed by atoms with Gasteiger partial charge in [-0.2, -0.15) is 0 Å². The van der Waals surface area contributed by atoms with E-state index in [0.717, 1.165) is 37.5 Å². The molecule has 4 nitrogen and oxygen atoms in total. The molecule has 0 spiro atoms. The smallest absolute Gasteiger partial charge is 0.321 e. The zero-order chi connectivity index (χ0) is 15.2. The van der Waals surface area contributed by atoms with Gasteiger partial charge in [0.25, 0.3) is 0 Å². The number of nitrogens with zero attached hydrogens (tertiary/aromatic N) is 1. The quantitative estimate of drug-likeness (QED) is 0.889. The van der Waals surface area contributed by atoms with Crippen molar-refractivity contribution in [3.63, 3.8) is 0 Å². The Kier molecular flexibility index (Phi) is 5.62. The number of carbonyl (C=O) groups is 1. The van der Waals surface area contributed by atoms with E-state index < -0.39 is 0 Å². The summed E-state index contributed by atoms with van der Waals surface area (Å²) in [4.78, 5) is 14.2. The molecule has 1 saturated heterocycles. The molecule has 1 heterocycles. The lowest BCUT2D eigenvalue weighted by Gasteiger charge is -2.31. The summed E-state index contributed by atoms with van der Waals surface area (Å²) in [6.45, 7) is 6.10. The van der Waals surface area contributed by atoms with Gasteiger partial charge in [0.1, 0.15) is 0 Å². The maximum absolute atomic E-state index is 12.2. The highest BCUT2D eigenvalue weighted by Gasteiger charge is 2.21. The van der Waals surface area contributed by atoms with E-state index >= 15 is 0 Å². The highest BCUT2D eigenvalue weighted by Crippen LogP contribution is 2.21. The summed E-state index contributed by atoms with van der Waals surface area (Å²) >= 11 is 0. The van der Waals surface area contributed by atoms with Crippen molar-refractivity contribution in [3.05, 3.63) is 29.8 Å². The van der Waals surface area contributed by atoms with Crippen LogP contribution in [-0.4, -0.2) is 31.1 Å². The second kappa shape index (κ2) is 7.46. The van der Waals surface area contributed by atoms with Crippen molar-refractivity contribution in [1.82, 2.24) is 10.2 Å². The van der Waals surface area contributed by atoms with Crippen molar-refractivity contribution in [2.75, 3.05) is 25.5 Å². The average molecular weight is 289 g/mol. The highest BCUT2D eigenvalue weighted by molar-refractivity contribution is 5.89. The summed E-state index contributed by atoms with van der Waals surface area (Å²) in [5.74, 6) is 0.788. The van der Waals surface area contributed by atoms with E-state index in [1.807, 2.05) is 24.1 Å². The van der Waals surface area contributed by atoms with Gasteiger partial charge in [0.2, 0.25) is 0 Å². The van der Waals surface area contributed by atoms with E-state index in [-0.39, 0.29) is 6.03 Å². The molecule has 1 fully saturated rings. The van der Waals surface area contributed by atoms with Crippen molar-refractivity contribution in [2.45, 2.75) is 39.2 Å². The van der Waals surface area contributed by atoms with Gasteiger partial charge in [-0.3, -0.25) is 0 Å². The van der Waals surface area contributed by atoms with E-state index in [2.05, 4.69) is 36.6 Å². The predicted octanol–water partition coefficient (Wildman–Crippen LogP) is 3.62. The molecular weight excluding hydrogens is 262 g/mol. The fourth-order valence-corrected chi connectivity index (χ4v) is 2.77. The Morgan fingerprint density at radius 2 is 1.90 bits per heavy atom. The van der Waals surface area contributed by atoms with Crippen LogP contribution in [0.25, 0.3) is 0 Å². The molecule has 4 heteroatoms. The SMILES string of the molecule is CCC1CCN(C(=O)Nc2ccc(C(C)NC)cc2)CC1. The number of hydrogen-bond acceptors (Lipinski definition) is 2. The Morgan fingerprint density at radius 3 is 2.43 bits per heavy atom. The Balaban J connectivity index is 1.88. The third-order valence-corrected chi connectivity index (χ3v) is 4.57. The van der Waals surface area contributed by atoms with E-state index in [1.54, 1.807) is 0 Å². The minimum atomic E-state index is 0.0268. The van der Waals surface area contributed by atoms with Crippen LogP contribution in [0, 0.1) is 5.92 Å². The zero-order valence-corrected chi connectivity index (χ0v) is 13.4. The van der Waals surface area contributed by atoms with Crippen molar-refractivity contribution in [3.8, 4) is 0 Å². The molecule has 0 aromatic heterocycles. The zero-order valence-electron chi connectivity index (χ0n) is 13.4. The first-order chi connectivity index (χ1) is 10.1. The molecule has 0 bridgehead atoms. The minimum Gasteiger partial charge on any atom is -0.325 e. The number of hydrogen-bond donors (Lipinski definition) is 2. The van der Waals surface area contributed by atoms with Crippen LogP contribution in [0.5, 0.6) is 0 Å². The number of carbonyl (C=O) groups excluding carboxylic acids is 1. The van der Waals surface area contributed by atoms with Gasteiger partial charge in [-0.05, 0) is 50.4 Å². The van der Waals surface area contributed by atoms with Crippen LogP contribution in [0.4, 0.5) is 10.5 Å². The van der Waals surface area contributed by atoms with Gasteiger partial charge in [0, 0.05) is 24.8 Å². The lowest BCUT2D eigenvalue weighted by molar-refractivity contribution is 0.181. The largest absolute Gasteiger partial charge is 0.325 e. The average Bonchev–Trinajstić information content (AvgIpc) is 2.55. The maximum Gasteiger partial charge on any atom is 0.321 e. The molecule has 1 aliphatic rings. The topological polar surface area (TPSA) is 44.4 Å². The number of amides is 2. The standard InChI is InChI=1S/C17H27N3O/c1-4-14-9-11-20(12-10-14)17(21)19-16-7-5-15(6-8-16)13(2)18-3/h5-8,13-14,18H,4,9-12H2,1-3H3,(H,19,21). The Morgan fingerprint density at radius 1 is 1.29 bits per heavy atom. The number of rotatable bonds is 4. The number of piperidine rings is 1. The van der Waals surface area contributed by atoms with Gasteiger partial charge < -0.3 is 15.5 Å². The lowest BCUT2D eigenvalue weighted by Crippen LogP contribution is -2.40. The summed E-state index contributed by atoms with van der Waals surface area (Å²) < 4.78 is 0. The first-order valence-corrected chi connectivity index (χ1v) is 7.97. The molecule has 2 N–H and O–H groups in total. The van der Waals surface area contributed by atoms with Gasteiger partial charge in [-0.15, -0.1) is 0 Å². The summed E-state index contributed by atoms with van der Waals surface area (Å²) in [7, 11) is 1.94. The minimum absolute atomic E-state index is 0.0268. The van der Waals surface area contributed by atoms with E-state index in [4.69, 9.17) is 0 Å². The third-order valence-electron chi connectivity index (χ3n) is 4.57. The first-order valence-electron chi connectivity index (χ1n) is 7.97. The van der Waals surface area contributed by atoms with Gasteiger partial charge in [0.05, 0.1) is 0 Å². The van der Waals surface area contributed by atoms with Crippen molar-refractivity contribution in [1.29, 1.82) is 0 Å². The first kappa shape index (κ1) is 15.8. The Bertz CT molecular complexity index is 450. The van der Waals surface area contributed by atoms with Gasteiger partial charge in [-0.1, -0.05) is 25.5 Å². The molecule has 0 aliphatic carbocycles. The van der Waals surface area contributed by atoms with Crippen LogP contribution in [-0.2, 0) is 0 Å². The number of nitrogens with one attached hydrogen (secondary N) is 2. The maximum atomic E-state index is 12.2. The molecule has 116 valence electrons. The molecule has 1 unspecified atom stereocenters. The number of anilines is 1. The van der Waals surface area contributed by atoms with E-state index in [0.29, 0.717) is 6.04 Å². The molecule has 0 saturated carbocycles. The Hall–Kier alpha value is -1.55. The van der Waals surface area contributed by atoms with Crippen molar-refractivity contribution >= 4 is 11.7 Å². The number of likely N-dealkylation sites (tertiary alicyclic amines) is 1. The molecule has 21 heavy (non-hydrogen) atoms. The van der Waals surface area contributed by atoms with E-state index in [9.17, 15) is 4.79 Å². The molecule has 1 aromatic carbocycles. The van der Waals surface area contributed by atoms with Crippen LogP contribution in [0.1, 0.15) is 44.7 Å². The third kappa shape index (κ3) is 4.21.